The van der Waals surface area contributed by atoms with Crippen molar-refractivity contribution in [2.75, 3.05) is 5.32 Å². The fourth-order valence-corrected chi connectivity index (χ4v) is 1.49. The first-order valence-electron chi connectivity index (χ1n) is 3.83. The summed E-state index contributed by atoms with van der Waals surface area (Å²) >= 11 is 1.51. The van der Waals surface area contributed by atoms with Crippen LogP contribution in [0.5, 0.6) is 0 Å². The van der Waals surface area contributed by atoms with Gasteiger partial charge in [-0.15, -0.1) is 10.2 Å². The van der Waals surface area contributed by atoms with Crippen LogP contribution in [0.25, 0.3) is 0 Å². The maximum absolute atomic E-state index is 4.11. The van der Waals surface area contributed by atoms with Gasteiger partial charge in [-0.25, -0.2) is 4.98 Å². The molecule has 0 aliphatic rings. The molecule has 66 valence electrons. The molecule has 2 aromatic rings. The smallest absolute Gasteiger partial charge is 0.211 e. The van der Waals surface area contributed by atoms with Gasteiger partial charge in [0, 0.05) is 6.20 Å². The topological polar surface area (TPSA) is 50.7 Å². The van der Waals surface area contributed by atoms with Crippen LogP contribution >= 0.6 is 11.3 Å². The van der Waals surface area contributed by atoms with Crippen molar-refractivity contribution in [1.29, 1.82) is 0 Å². The monoisotopic (exact) mass is 192 g/mol. The summed E-state index contributed by atoms with van der Waals surface area (Å²) in [4.78, 5) is 4.11. The molecule has 2 aromatic heterocycles. The lowest BCUT2D eigenvalue weighted by Gasteiger charge is -1.97. The Morgan fingerprint density at radius 1 is 1.31 bits per heavy atom. The zero-order chi connectivity index (χ0) is 9.10. The molecule has 0 atom stereocenters. The van der Waals surface area contributed by atoms with Crippen LogP contribution in [0, 0.1) is 6.92 Å². The van der Waals surface area contributed by atoms with Crippen LogP contribution in [0.15, 0.2) is 24.4 Å². The minimum Gasteiger partial charge on any atom is -0.315 e. The molecule has 4 nitrogen and oxygen atoms in total. The Morgan fingerprint density at radius 3 is 2.85 bits per heavy atom. The third-order valence-corrected chi connectivity index (χ3v) is 2.18. The van der Waals surface area contributed by atoms with Gasteiger partial charge < -0.3 is 5.32 Å². The number of aryl methyl sites for hydroxylation is 1. The van der Waals surface area contributed by atoms with Crippen LogP contribution in [-0.2, 0) is 0 Å². The van der Waals surface area contributed by atoms with Crippen LogP contribution in [0.2, 0.25) is 0 Å². The maximum atomic E-state index is 4.11. The van der Waals surface area contributed by atoms with Crippen molar-refractivity contribution in [3.63, 3.8) is 0 Å². The summed E-state index contributed by atoms with van der Waals surface area (Å²) in [5, 5.41) is 12.6. The van der Waals surface area contributed by atoms with E-state index in [-0.39, 0.29) is 0 Å². The number of hydrogen-bond acceptors (Lipinski definition) is 5. The molecular weight excluding hydrogens is 184 g/mol. The van der Waals surface area contributed by atoms with Gasteiger partial charge in [0.05, 0.1) is 0 Å². The summed E-state index contributed by atoms with van der Waals surface area (Å²) in [5.74, 6) is 0.790. The number of nitrogens with zero attached hydrogens (tertiary/aromatic N) is 3. The first-order chi connectivity index (χ1) is 6.34. The Hall–Kier alpha value is -1.49. The number of aromatic nitrogens is 3. The number of nitrogens with one attached hydrogen (secondary N) is 1. The molecule has 0 amide bonds. The molecule has 0 unspecified atom stereocenters. The summed E-state index contributed by atoms with van der Waals surface area (Å²) in [5.41, 5.74) is 0. The van der Waals surface area contributed by atoms with E-state index in [0.717, 1.165) is 16.0 Å². The highest BCUT2D eigenvalue weighted by Gasteiger charge is 1.99. The van der Waals surface area contributed by atoms with Gasteiger partial charge in [0.2, 0.25) is 5.13 Å². The largest absolute Gasteiger partial charge is 0.315 e. The third kappa shape index (κ3) is 2.00. The van der Waals surface area contributed by atoms with Gasteiger partial charge in [-0.1, -0.05) is 17.4 Å². The molecule has 5 heteroatoms. The van der Waals surface area contributed by atoms with Crippen molar-refractivity contribution < 1.29 is 0 Å². The minimum absolute atomic E-state index is 0.774. The Bertz CT molecular complexity index is 384. The summed E-state index contributed by atoms with van der Waals surface area (Å²) in [6.07, 6.45) is 1.73. The third-order valence-electron chi connectivity index (χ3n) is 1.43. The summed E-state index contributed by atoms with van der Waals surface area (Å²) < 4.78 is 0. The van der Waals surface area contributed by atoms with Crippen LogP contribution in [0.3, 0.4) is 0 Å². The zero-order valence-corrected chi connectivity index (χ0v) is 7.88. The lowest BCUT2D eigenvalue weighted by atomic mass is 10.5. The van der Waals surface area contributed by atoms with E-state index in [9.17, 15) is 0 Å². The second-order valence-corrected chi connectivity index (χ2v) is 3.65. The number of anilines is 2. The van der Waals surface area contributed by atoms with Gasteiger partial charge in [-0.05, 0) is 19.1 Å². The highest BCUT2D eigenvalue weighted by atomic mass is 32.1. The van der Waals surface area contributed by atoms with E-state index in [4.69, 9.17) is 0 Å². The van der Waals surface area contributed by atoms with Crippen molar-refractivity contribution in [3.05, 3.63) is 29.4 Å². The highest BCUT2D eigenvalue weighted by Crippen LogP contribution is 2.17. The Labute approximate surface area is 79.7 Å². The van der Waals surface area contributed by atoms with Gasteiger partial charge >= 0.3 is 0 Å². The lowest BCUT2D eigenvalue weighted by Crippen LogP contribution is -1.91. The summed E-state index contributed by atoms with van der Waals surface area (Å²) in [6.45, 7) is 1.92. The second-order valence-electron chi connectivity index (χ2n) is 2.47. The van der Waals surface area contributed by atoms with Crippen molar-refractivity contribution in [2.24, 2.45) is 0 Å². The van der Waals surface area contributed by atoms with Crippen LogP contribution in [0.4, 0.5) is 10.9 Å². The molecule has 13 heavy (non-hydrogen) atoms. The Morgan fingerprint density at radius 2 is 2.23 bits per heavy atom. The Balaban J connectivity index is 2.15. The molecule has 0 aromatic carbocycles. The average Bonchev–Trinajstić information content (AvgIpc) is 2.53. The predicted octanol–water partition coefficient (Wildman–Crippen LogP) is 1.99. The summed E-state index contributed by atoms with van der Waals surface area (Å²) in [7, 11) is 0. The van der Waals surface area contributed by atoms with Crippen LogP contribution in [-0.4, -0.2) is 15.2 Å². The van der Waals surface area contributed by atoms with E-state index in [1.54, 1.807) is 6.20 Å². The molecule has 0 aliphatic carbocycles. The molecule has 1 N–H and O–H groups in total. The van der Waals surface area contributed by atoms with Gasteiger partial charge in [-0.3, -0.25) is 0 Å². The first-order valence-corrected chi connectivity index (χ1v) is 4.64. The second kappa shape index (κ2) is 3.49. The zero-order valence-electron chi connectivity index (χ0n) is 7.06. The average molecular weight is 192 g/mol. The number of hydrogen-bond donors (Lipinski definition) is 1. The van der Waals surface area contributed by atoms with E-state index < -0.39 is 0 Å². The molecule has 0 saturated carbocycles. The molecular formula is C8H8N4S. The molecule has 0 aliphatic heterocycles. The number of rotatable bonds is 2. The van der Waals surface area contributed by atoms with E-state index >= 15 is 0 Å². The van der Waals surface area contributed by atoms with Crippen molar-refractivity contribution in [3.8, 4) is 0 Å². The highest BCUT2D eigenvalue weighted by molar-refractivity contribution is 7.15. The maximum Gasteiger partial charge on any atom is 0.211 e. The van der Waals surface area contributed by atoms with Crippen LogP contribution in [0.1, 0.15) is 5.01 Å². The van der Waals surface area contributed by atoms with Gasteiger partial charge in [-0.2, -0.15) is 0 Å². The van der Waals surface area contributed by atoms with Gasteiger partial charge in [0.1, 0.15) is 10.8 Å². The molecule has 0 saturated heterocycles. The van der Waals surface area contributed by atoms with E-state index in [1.807, 2.05) is 25.1 Å². The standard InChI is InChI=1S/C8H8N4S/c1-6-11-12-8(13-6)10-7-4-2-3-5-9-7/h2-5H,1H3,(H,9,10,12). The minimum atomic E-state index is 0.774. The molecule has 2 heterocycles. The van der Waals surface area contributed by atoms with Crippen molar-refractivity contribution >= 4 is 22.3 Å². The van der Waals surface area contributed by atoms with Gasteiger partial charge in [0.15, 0.2) is 0 Å². The van der Waals surface area contributed by atoms with E-state index in [2.05, 4.69) is 20.5 Å². The first kappa shape index (κ1) is 8.12. The van der Waals surface area contributed by atoms with Gasteiger partial charge in [0.25, 0.3) is 0 Å². The molecule has 0 radical (unpaired) electrons. The molecule has 0 bridgehead atoms. The quantitative estimate of drug-likeness (QED) is 0.790. The number of pyridine rings is 1. The summed E-state index contributed by atoms with van der Waals surface area (Å²) in [6, 6.07) is 5.68. The fourth-order valence-electron chi connectivity index (χ4n) is 0.893. The van der Waals surface area contributed by atoms with E-state index in [0.29, 0.717) is 0 Å². The Kier molecular flexibility index (Phi) is 2.18. The van der Waals surface area contributed by atoms with E-state index in [1.165, 1.54) is 11.3 Å². The predicted molar refractivity (Wildman–Crippen MR) is 52.2 cm³/mol. The SMILES string of the molecule is Cc1nnc(Nc2ccccn2)s1. The van der Waals surface area contributed by atoms with Crippen molar-refractivity contribution in [1.82, 2.24) is 15.2 Å². The fraction of sp³-hybridized carbons (Fsp3) is 0.125. The van der Waals surface area contributed by atoms with Crippen LogP contribution < -0.4 is 5.32 Å². The normalized spacial score (nSPS) is 9.92. The molecule has 0 fully saturated rings. The molecule has 0 spiro atoms. The van der Waals surface area contributed by atoms with Crippen molar-refractivity contribution in [2.45, 2.75) is 6.92 Å². The molecule has 2 rings (SSSR count). The lowest BCUT2D eigenvalue weighted by molar-refractivity contribution is 1.05.